The maximum Gasteiger partial charge on any atom is 0.293 e. The van der Waals surface area contributed by atoms with Crippen LogP contribution in [0.4, 0.5) is 10.5 Å². The highest BCUT2D eigenvalue weighted by Gasteiger charge is 2.38. The summed E-state index contributed by atoms with van der Waals surface area (Å²) in [4.78, 5) is 28.6. The van der Waals surface area contributed by atoms with Crippen molar-refractivity contribution in [2.75, 3.05) is 11.4 Å². The number of fused-ring (bicyclic) bond motifs is 1. The minimum atomic E-state index is -0.182. The van der Waals surface area contributed by atoms with Gasteiger partial charge in [-0.25, -0.2) is 0 Å². The molecule has 1 fully saturated rings. The van der Waals surface area contributed by atoms with Crippen LogP contribution in [-0.4, -0.2) is 34.2 Å². The molecule has 1 aromatic rings. The van der Waals surface area contributed by atoms with Gasteiger partial charge in [0.2, 0.25) is 0 Å². The Kier molecular flexibility index (Phi) is 4.95. The van der Waals surface area contributed by atoms with Gasteiger partial charge in [0.15, 0.2) is 0 Å². The minimum absolute atomic E-state index is 0.117. The van der Waals surface area contributed by atoms with Crippen LogP contribution < -0.4 is 4.90 Å². The van der Waals surface area contributed by atoms with E-state index in [0.717, 1.165) is 23.7 Å². The molecule has 0 N–H and O–H groups in total. The van der Waals surface area contributed by atoms with Crippen molar-refractivity contribution in [2.24, 2.45) is 0 Å². The second-order valence-corrected chi connectivity index (χ2v) is 9.12. The number of hydrogen-bond donors (Lipinski definition) is 0. The van der Waals surface area contributed by atoms with E-state index in [4.69, 9.17) is 0 Å². The zero-order chi connectivity index (χ0) is 19.2. The van der Waals surface area contributed by atoms with Gasteiger partial charge in [0.1, 0.15) is 0 Å². The molecule has 1 atom stereocenters. The van der Waals surface area contributed by atoms with Crippen LogP contribution in [-0.2, 0) is 4.79 Å². The number of benzene rings is 1. The summed E-state index contributed by atoms with van der Waals surface area (Å²) in [5.41, 5.74) is 3.70. The first kappa shape index (κ1) is 19.0. The van der Waals surface area contributed by atoms with Gasteiger partial charge in [0, 0.05) is 23.8 Å². The Labute approximate surface area is 160 Å². The number of thioether (sulfide) groups is 1. The standard InChI is InChI=1S/C21H28N2O2S/c1-7-22-19(24)18(26-20(22)25)11-15-8-9-17-16(10-15)14(4)12-21(5,6)23(17)13(2)3/h8-11,13-14H,7,12H2,1-6H3/b18-11-/t14-/m0/s1. The summed E-state index contributed by atoms with van der Waals surface area (Å²) in [7, 11) is 0. The fourth-order valence-corrected chi connectivity index (χ4v) is 5.36. The number of anilines is 1. The van der Waals surface area contributed by atoms with Crippen molar-refractivity contribution in [3.05, 3.63) is 34.2 Å². The van der Waals surface area contributed by atoms with E-state index in [2.05, 4.69) is 57.7 Å². The van der Waals surface area contributed by atoms with Gasteiger partial charge < -0.3 is 4.90 Å². The summed E-state index contributed by atoms with van der Waals surface area (Å²) in [5, 5.41) is -0.178. The van der Waals surface area contributed by atoms with Crippen LogP contribution in [0.2, 0.25) is 0 Å². The molecule has 1 saturated heterocycles. The highest BCUT2D eigenvalue weighted by molar-refractivity contribution is 8.18. The average Bonchev–Trinajstić information content (AvgIpc) is 2.80. The number of carbonyl (C=O) groups is 2. The van der Waals surface area contributed by atoms with Gasteiger partial charge in [0.25, 0.3) is 11.1 Å². The molecule has 2 aliphatic heterocycles. The van der Waals surface area contributed by atoms with Gasteiger partial charge >= 0.3 is 0 Å². The van der Waals surface area contributed by atoms with E-state index >= 15 is 0 Å². The molecule has 5 heteroatoms. The van der Waals surface area contributed by atoms with Crippen molar-refractivity contribution < 1.29 is 9.59 Å². The number of likely N-dealkylation sites (N-methyl/N-ethyl adjacent to an activating group) is 1. The SMILES string of the molecule is CCN1C(=O)S/C(=C\c2ccc3c(c2)[C@@H](C)CC(C)(C)N3C(C)C)C1=O. The molecule has 0 aliphatic carbocycles. The maximum absolute atomic E-state index is 12.3. The lowest BCUT2D eigenvalue weighted by Crippen LogP contribution is -2.51. The normalized spacial score (nSPS) is 24.0. The second-order valence-electron chi connectivity index (χ2n) is 8.13. The maximum atomic E-state index is 12.3. The molecule has 2 amide bonds. The predicted octanol–water partition coefficient (Wildman–Crippen LogP) is 5.24. The fraction of sp³-hybridized carbons (Fsp3) is 0.524. The van der Waals surface area contributed by atoms with Gasteiger partial charge in [-0.3, -0.25) is 14.5 Å². The fourth-order valence-electron chi connectivity index (χ4n) is 4.46. The monoisotopic (exact) mass is 372 g/mol. The number of carbonyl (C=O) groups excluding carboxylic acids is 2. The molecule has 0 spiro atoms. The van der Waals surface area contributed by atoms with Crippen LogP contribution in [0.25, 0.3) is 6.08 Å². The Bertz CT molecular complexity index is 782. The first-order valence-electron chi connectivity index (χ1n) is 9.34. The van der Waals surface area contributed by atoms with E-state index in [-0.39, 0.29) is 16.7 Å². The Morgan fingerprint density at radius 1 is 1.31 bits per heavy atom. The third-order valence-corrected chi connectivity index (χ3v) is 6.21. The van der Waals surface area contributed by atoms with Gasteiger partial charge in [-0.1, -0.05) is 13.0 Å². The highest BCUT2D eigenvalue weighted by Crippen LogP contribution is 2.45. The number of rotatable bonds is 3. The van der Waals surface area contributed by atoms with E-state index in [1.54, 1.807) is 0 Å². The summed E-state index contributed by atoms with van der Waals surface area (Å²) in [6.07, 6.45) is 2.95. The number of nitrogens with zero attached hydrogens (tertiary/aromatic N) is 2. The van der Waals surface area contributed by atoms with Crippen LogP contribution in [0.3, 0.4) is 0 Å². The lowest BCUT2D eigenvalue weighted by Gasteiger charge is -2.50. The van der Waals surface area contributed by atoms with Crippen LogP contribution in [0.5, 0.6) is 0 Å². The first-order valence-corrected chi connectivity index (χ1v) is 10.2. The summed E-state index contributed by atoms with van der Waals surface area (Å²) in [6, 6.07) is 6.83. The topological polar surface area (TPSA) is 40.6 Å². The van der Waals surface area contributed by atoms with Gasteiger partial charge in [-0.15, -0.1) is 0 Å². The third kappa shape index (κ3) is 3.18. The molecule has 1 aromatic carbocycles. The Morgan fingerprint density at radius 2 is 2.00 bits per heavy atom. The Hall–Kier alpha value is -1.75. The van der Waals surface area contributed by atoms with Crippen molar-refractivity contribution in [1.29, 1.82) is 0 Å². The van der Waals surface area contributed by atoms with E-state index in [0.29, 0.717) is 23.4 Å². The highest BCUT2D eigenvalue weighted by atomic mass is 32.2. The van der Waals surface area contributed by atoms with E-state index in [9.17, 15) is 9.59 Å². The van der Waals surface area contributed by atoms with Crippen molar-refractivity contribution in [3.8, 4) is 0 Å². The smallest absolute Gasteiger partial charge is 0.293 e. The predicted molar refractivity (Wildman–Crippen MR) is 110 cm³/mol. The first-order chi connectivity index (χ1) is 12.2. The summed E-state index contributed by atoms with van der Waals surface area (Å²) >= 11 is 1.03. The summed E-state index contributed by atoms with van der Waals surface area (Å²) in [5.74, 6) is 0.271. The van der Waals surface area contributed by atoms with Crippen LogP contribution in [0.1, 0.15) is 65.0 Å². The molecule has 2 aliphatic rings. The lowest BCUT2D eigenvalue weighted by atomic mass is 9.79. The van der Waals surface area contributed by atoms with E-state index in [1.807, 2.05) is 13.0 Å². The Balaban J connectivity index is 2.00. The molecule has 0 aromatic heterocycles. The van der Waals surface area contributed by atoms with Crippen LogP contribution in [0.15, 0.2) is 23.1 Å². The molecule has 26 heavy (non-hydrogen) atoms. The zero-order valence-corrected chi connectivity index (χ0v) is 17.3. The molecular formula is C21H28N2O2S. The minimum Gasteiger partial charge on any atom is -0.364 e. The van der Waals surface area contributed by atoms with Crippen LogP contribution in [0, 0.1) is 0 Å². The molecule has 3 rings (SSSR count). The molecule has 0 saturated carbocycles. The van der Waals surface area contributed by atoms with Gasteiger partial charge in [0.05, 0.1) is 4.91 Å². The number of amides is 2. The lowest BCUT2D eigenvalue weighted by molar-refractivity contribution is -0.122. The Morgan fingerprint density at radius 3 is 2.58 bits per heavy atom. The largest absolute Gasteiger partial charge is 0.364 e. The molecule has 2 heterocycles. The van der Waals surface area contributed by atoms with Crippen molar-refractivity contribution in [1.82, 2.24) is 4.90 Å². The van der Waals surface area contributed by atoms with Crippen LogP contribution >= 0.6 is 11.8 Å². The molecule has 0 unspecified atom stereocenters. The van der Waals surface area contributed by atoms with Crippen molar-refractivity contribution >= 4 is 34.7 Å². The number of imide groups is 1. The van der Waals surface area contributed by atoms with Crippen molar-refractivity contribution in [3.63, 3.8) is 0 Å². The third-order valence-electron chi connectivity index (χ3n) is 5.30. The van der Waals surface area contributed by atoms with Gasteiger partial charge in [-0.2, -0.15) is 0 Å². The molecule has 140 valence electrons. The summed E-state index contributed by atoms with van der Waals surface area (Å²) in [6.45, 7) is 13.6. The molecule has 4 nitrogen and oxygen atoms in total. The molecule has 0 bridgehead atoms. The summed E-state index contributed by atoms with van der Waals surface area (Å²) < 4.78 is 0. The second kappa shape index (κ2) is 6.76. The van der Waals surface area contributed by atoms with E-state index < -0.39 is 0 Å². The quantitative estimate of drug-likeness (QED) is 0.680. The molecular weight excluding hydrogens is 344 g/mol. The van der Waals surface area contributed by atoms with Gasteiger partial charge in [-0.05, 0) is 88.1 Å². The van der Waals surface area contributed by atoms with Crippen molar-refractivity contribution in [2.45, 2.75) is 65.5 Å². The average molecular weight is 373 g/mol. The number of hydrogen-bond acceptors (Lipinski definition) is 4. The van der Waals surface area contributed by atoms with E-state index in [1.165, 1.54) is 16.2 Å². The zero-order valence-electron chi connectivity index (χ0n) is 16.5. The molecule has 0 radical (unpaired) electrons.